The van der Waals surface area contributed by atoms with Crippen LogP contribution in [0.2, 0.25) is 0 Å². The van der Waals surface area contributed by atoms with E-state index in [0.29, 0.717) is 27.5 Å². The van der Waals surface area contributed by atoms with E-state index in [4.69, 9.17) is 9.72 Å². The van der Waals surface area contributed by atoms with Crippen LogP contribution in [-0.2, 0) is 4.79 Å². The third-order valence-corrected chi connectivity index (χ3v) is 6.06. The molecule has 0 aliphatic heterocycles. The lowest BCUT2D eigenvalue weighted by atomic mass is 10.1. The molecule has 4 rings (SSSR count). The summed E-state index contributed by atoms with van der Waals surface area (Å²) in [5.74, 6) is 0.463. The SMILES string of the molecule is COc1ccccc1NC(=O)CSc1nc2ccccc2c(=O)n1-c1c(C)cccc1C. The van der Waals surface area contributed by atoms with Gasteiger partial charge in [0.15, 0.2) is 5.16 Å². The first-order chi connectivity index (χ1) is 15.5. The zero-order valence-corrected chi connectivity index (χ0v) is 18.9. The summed E-state index contributed by atoms with van der Waals surface area (Å²) in [6, 6.07) is 20.4. The summed E-state index contributed by atoms with van der Waals surface area (Å²) in [7, 11) is 1.56. The van der Waals surface area contributed by atoms with Gasteiger partial charge in [0.05, 0.1) is 35.1 Å². The van der Waals surface area contributed by atoms with Gasteiger partial charge in [0, 0.05) is 0 Å². The van der Waals surface area contributed by atoms with E-state index < -0.39 is 0 Å². The van der Waals surface area contributed by atoms with Gasteiger partial charge < -0.3 is 10.1 Å². The number of fused-ring (bicyclic) bond motifs is 1. The lowest BCUT2D eigenvalue weighted by molar-refractivity contribution is -0.113. The van der Waals surface area contributed by atoms with Gasteiger partial charge in [-0.2, -0.15) is 0 Å². The standard InChI is InChI=1S/C25H23N3O3S/c1-16-9-8-10-17(2)23(16)28-24(30)18-11-4-5-12-19(18)27-25(28)32-15-22(29)26-20-13-6-7-14-21(20)31-3/h4-14H,15H2,1-3H3,(H,26,29). The molecule has 0 aliphatic carbocycles. The number of carbonyl (C=O) groups is 1. The quantitative estimate of drug-likeness (QED) is 0.343. The molecule has 1 N–H and O–H groups in total. The fraction of sp³-hybridized carbons (Fsp3) is 0.160. The number of rotatable bonds is 6. The van der Waals surface area contributed by atoms with Crippen LogP contribution in [-0.4, -0.2) is 28.3 Å². The van der Waals surface area contributed by atoms with Crippen LogP contribution in [0.25, 0.3) is 16.6 Å². The van der Waals surface area contributed by atoms with Crippen LogP contribution >= 0.6 is 11.8 Å². The third-order valence-electron chi connectivity index (χ3n) is 5.12. The summed E-state index contributed by atoms with van der Waals surface area (Å²) in [6.45, 7) is 3.93. The molecule has 1 amide bonds. The van der Waals surface area contributed by atoms with E-state index in [1.54, 1.807) is 29.9 Å². The minimum absolute atomic E-state index is 0.0910. The molecule has 0 saturated heterocycles. The molecule has 162 valence electrons. The predicted octanol–water partition coefficient (Wildman–Crippen LogP) is 4.74. The van der Waals surface area contributed by atoms with E-state index in [2.05, 4.69) is 5.32 Å². The average molecular weight is 446 g/mol. The number of carbonyl (C=O) groups excluding carboxylic acids is 1. The van der Waals surface area contributed by atoms with Crippen LogP contribution in [0.4, 0.5) is 5.69 Å². The highest BCUT2D eigenvalue weighted by atomic mass is 32.2. The van der Waals surface area contributed by atoms with Crippen LogP contribution in [0.3, 0.4) is 0 Å². The second kappa shape index (κ2) is 9.28. The zero-order chi connectivity index (χ0) is 22.7. The van der Waals surface area contributed by atoms with Gasteiger partial charge in [-0.15, -0.1) is 0 Å². The van der Waals surface area contributed by atoms with Crippen LogP contribution < -0.4 is 15.6 Å². The van der Waals surface area contributed by atoms with Gasteiger partial charge in [0.1, 0.15) is 5.75 Å². The first kappa shape index (κ1) is 21.6. The number of thioether (sulfide) groups is 1. The van der Waals surface area contributed by atoms with Crippen LogP contribution in [0.5, 0.6) is 5.75 Å². The number of hydrogen-bond donors (Lipinski definition) is 1. The van der Waals surface area contributed by atoms with Crippen molar-refractivity contribution in [2.45, 2.75) is 19.0 Å². The van der Waals surface area contributed by atoms with Crippen molar-refractivity contribution in [1.29, 1.82) is 0 Å². The van der Waals surface area contributed by atoms with Crippen LogP contribution in [0.1, 0.15) is 11.1 Å². The molecule has 1 heterocycles. The molecule has 0 fully saturated rings. The van der Waals surface area contributed by atoms with E-state index in [0.717, 1.165) is 16.8 Å². The number of amides is 1. The number of aromatic nitrogens is 2. The van der Waals surface area contributed by atoms with Crippen LogP contribution in [0, 0.1) is 13.8 Å². The number of ether oxygens (including phenoxy) is 1. The molecular weight excluding hydrogens is 422 g/mol. The molecule has 0 unspecified atom stereocenters. The maximum atomic E-state index is 13.5. The van der Waals surface area contributed by atoms with Gasteiger partial charge in [0.2, 0.25) is 5.91 Å². The second-order valence-electron chi connectivity index (χ2n) is 7.33. The van der Waals surface area contributed by atoms with Gasteiger partial charge in [-0.25, -0.2) is 4.98 Å². The largest absolute Gasteiger partial charge is 0.495 e. The van der Waals surface area contributed by atoms with Gasteiger partial charge in [-0.05, 0) is 49.2 Å². The van der Waals surface area contributed by atoms with Crippen molar-refractivity contribution in [3.63, 3.8) is 0 Å². The van der Waals surface area contributed by atoms with Crippen molar-refractivity contribution < 1.29 is 9.53 Å². The lowest BCUT2D eigenvalue weighted by Gasteiger charge is -2.17. The number of benzene rings is 3. The number of methoxy groups -OCH3 is 1. The fourth-order valence-electron chi connectivity index (χ4n) is 3.63. The molecule has 0 bridgehead atoms. The van der Waals surface area contributed by atoms with E-state index in [1.165, 1.54) is 11.8 Å². The molecule has 7 heteroatoms. The number of para-hydroxylation sites is 4. The maximum absolute atomic E-state index is 13.5. The summed E-state index contributed by atoms with van der Waals surface area (Å²) < 4.78 is 6.92. The number of nitrogens with one attached hydrogen (secondary N) is 1. The van der Waals surface area contributed by atoms with Gasteiger partial charge in [-0.3, -0.25) is 14.2 Å². The number of anilines is 1. The monoisotopic (exact) mass is 445 g/mol. The zero-order valence-electron chi connectivity index (χ0n) is 18.1. The highest BCUT2D eigenvalue weighted by Gasteiger charge is 2.18. The maximum Gasteiger partial charge on any atom is 0.266 e. The molecule has 0 spiro atoms. The second-order valence-corrected chi connectivity index (χ2v) is 8.27. The molecule has 0 aliphatic rings. The molecular formula is C25H23N3O3S. The Labute approximate surface area is 190 Å². The Bertz CT molecular complexity index is 1340. The molecule has 0 atom stereocenters. The van der Waals surface area contributed by atoms with E-state index in [-0.39, 0.29) is 17.2 Å². The van der Waals surface area contributed by atoms with E-state index in [1.807, 2.05) is 62.4 Å². The van der Waals surface area contributed by atoms with Gasteiger partial charge >= 0.3 is 0 Å². The minimum Gasteiger partial charge on any atom is -0.495 e. The Hall–Kier alpha value is -3.58. The Morgan fingerprint density at radius 1 is 1.00 bits per heavy atom. The third kappa shape index (κ3) is 4.24. The Morgan fingerprint density at radius 2 is 1.69 bits per heavy atom. The van der Waals surface area contributed by atoms with Crippen molar-refractivity contribution in [1.82, 2.24) is 9.55 Å². The summed E-state index contributed by atoms with van der Waals surface area (Å²) in [6.07, 6.45) is 0. The fourth-order valence-corrected chi connectivity index (χ4v) is 4.43. The minimum atomic E-state index is -0.213. The number of aryl methyl sites for hydroxylation is 2. The van der Waals surface area contributed by atoms with Crippen molar-refractivity contribution in [2.24, 2.45) is 0 Å². The first-order valence-electron chi connectivity index (χ1n) is 10.1. The molecule has 6 nitrogen and oxygen atoms in total. The normalized spacial score (nSPS) is 10.8. The first-order valence-corrected chi connectivity index (χ1v) is 11.1. The summed E-state index contributed by atoms with van der Waals surface area (Å²) in [5.41, 5.74) is 3.77. The number of hydrogen-bond acceptors (Lipinski definition) is 5. The Morgan fingerprint density at radius 3 is 2.44 bits per heavy atom. The molecule has 32 heavy (non-hydrogen) atoms. The smallest absolute Gasteiger partial charge is 0.266 e. The van der Waals surface area contributed by atoms with E-state index in [9.17, 15) is 9.59 Å². The summed E-state index contributed by atoms with van der Waals surface area (Å²) >= 11 is 1.23. The van der Waals surface area contributed by atoms with Crippen molar-refractivity contribution in [2.75, 3.05) is 18.2 Å². The Kier molecular flexibility index (Phi) is 6.28. The molecule has 3 aromatic carbocycles. The van der Waals surface area contributed by atoms with E-state index >= 15 is 0 Å². The molecule has 0 radical (unpaired) electrons. The predicted molar refractivity (Wildman–Crippen MR) is 129 cm³/mol. The summed E-state index contributed by atoms with van der Waals surface area (Å²) in [5, 5.41) is 3.88. The van der Waals surface area contributed by atoms with Crippen molar-refractivity contribution in [3.8, 4) is 11.4 Å². The molecule has 4 aromatic rings. The van der Waals surface area contributed by atoms with Crippen molar-refractivity contribution in [3.05, 3.63) is 88.2 Å². The average Bonchev–Trinajstić information content (AvgIpc) is 2.79. The van der Waals surface area contributed by atoms with Crippen LogP contribution in [0.15, 0.2) is 76.7 Å². The molecule has 1 aromatic heterocycles. The van der Waals surface area contributed by atoms with Gasteiger partial charge in [0.25, 0.3) is 5.56 Å². The van der Waals surface area contributed by atoms with Gasteiger partial charge in [-0.1, -0.05) is 54.2 Å². The summed E-state index contributed by atoms with van der Waals surface area (Å²) in [4.78, 5) is 30.9. The number of nitrogens with zero attached hydrogens (tertiary/aromatic N) is 2. The lowest BCUT2D eigenvalue weighted by Crippen LogP contribution is -2.24. The molecule has 0 saturated carbocycles. The highest BCUT2D eigenvalue weighted by Crippen LogP contribution is 2.27. The van der Waals surface area contributed by atoms with Crippen molar-refractivity contribution >= 4 is 34.3 Å². The topological polar surface area (TPSA) is 73.2 Å². The highest BCUT2D eigenvalue weighted by molar-refractivity contribution is 7.99. The Balaban J connectivity index is 1.72.